The summed E-state index contributed by atoms with van der Waals surface area (Å²) in [4.78, 5) is 22.9. The van der Waals surface area contributed by atoms with Crippen molar-refractivity contribution in [2.24, 2.45) is 0 Å². The Bertz CT molecular complexity index is 1030. The quantitative estimate of drug-likeness (QED) is 0.0508. The largest absolute Gasteiger partial charge is 1.00 e. The first-order valence-electron chi connectivity index (χ1n) is 9.86. The molecular weight excluding hydrogens is 720 g/mol. The molecule has 4 N–H and O–H groups in total. The normalized spacial score (nSPS) is 13.7. The molecule has 0 aliphatic carbocycles. The van der Waals surface area contributed by atoms with Gasteiger partial charge in [0.05, 0.1) is 33.2 Å². The van der Waals surface area contributed by atoms with Crippen molar-refractivity contribution in [1.29, 1.82) is 0 Å². The Morgan fingerprint density at radius 3 is 1.23 bits per heavy atom. The fraction of sp³-hybridized carbons (Fsp3) is 0.667. The molecule has 44 heavy (non-hydrogen) atoms. The molecule has 2 aliphatic heterocycles. The molecule has 2 aliphatic rings. The van der Waals surface area contributed by atoms with E-state index in [-0.39, 0.29) is 72.6 Å². The first-order chi connectivity index (χ1) is 19.2. The number of halogens is 6. The van der Waals surface area contributed by atoms with Crippen LogP contribution in [0.5, 0.6) is 0 Å². The van der Waals surface area contributed by atoms with E-state index < -0.39 is 61.5 Å². The minimum absolute atomic E-state index is 0. The predicted octanol–water partition coefficient (Wildman–Crippen LogP) is -7.74. The van der Waals surface area contributed by atoms with Crippen LogP contribution in [0.1, 0.15) is 0 Å². The molecule has 0 saturated carbocycles. The van der Waals surface area contributed by atoms with E-state index in [4.69, 9.17) is 58.8 Å². The number of carboxylic acids is 1. The molecule has 0 atom stereocenters. The SMILES string of the molecule is O=C(O)[C-](F)F.O=C(OCN1CCOCC1)[C-](F)F.O=S(=O)=O.O=S(=O)=O.O=S(O)(O)=C(F)F.OCN1CCOCC1.[Na+].[Na+]. The minimum atomic E-state index is -4.91. The average Bonchev–Trinajstić information content (AvgIpc) is 2.88. The van der Waals surface area contributed by atoms with Crippen molar-refractivity contribution in [3.8, 4) is 0 Å². The van der Waals surface area contributed by atoms with E-state index in [1.807, 2.05) is 4.90 Å². The van der Waals surface area contributed by atoms with Crippen LogP contribution >= 0.6 is 0 Å². The molecule has 0 amide bonds. The zero-order valence-corrected chi connectivity index (χ0v) is 29.1. The summed E-state index contributed by atoms with van der Waals surface area (Å²) in [6.07, 6.45) is -4.89. The van der Waals surface area contributed by atoms with Crippen LogP contribution in [-0.2, 0) is 55.1 Å². The molecule has 2 rings (SSSR count). The molecule has 0 spiro atoms. The standard InChI is InChI=1S/C7H10F2NO3.C5H11NO2.C2HF2O2.CH2F2O3S.2Na.2O3S/c8-6(9)7(11)13-5-10-1-3-12-4-2-10;7-5-6-1-3-8-4-2-6;3-1(4)2(5)6;2-1(3)7(4,5)6;;;2*1-4(2)3/h1-5H2;7H,1-5H2;(H,5,6);(H2,4,5,6);;;;/q-1;;-1;;2*+1;;. The van der Waals surface area contributed by atoms with Crippen LogP contribution in [0.25, 0.3) is 0 Å². The van der Waals surface area contributed by atoms with Crippen molar-refractivity contribution < 1.29 is 158 Å². The molecular formula is C15H24F6N2Na2O16S3. The number of rotatable bonds is 5. The Balaban J connectivity index is -0.000000103. The van der Waals surface area contributed by atoms with Crippen LogP contribution in [0.15, 0.2) is 0 Å². The number of hydrogen-bond acceptors (Lipinski definition) is 15. The van der Waals surface area contributed by atoms with Gasteiger partial charge < -0.3 is 42.0 Å². The van der Waals surface area contributed by atoms with E-state index in [0.717, 1.165) is 26.3 Å². The van der Waals surface area contributed by atoms with E-state index in [2.05, 4.69) is 4.74 Å². The molecule has 0 aromatic carbocycles. The van der Waals surface area contributed by atoms with Gasteiger partial charge in [0.1, 0.15) is 6.73 Å². The fourth-order valence-corrected chi connectivity index (χ4v) is 1.68. The molecule has 18 nitrogen and oxygen atoms in total. The van der Waals surface area contributed by atoms with Gasteiger partial charge in [0, 0.05) is 39.0 Å². The third-order valence-corrected chi connectivity index (χ3v) is 3.70. The number of aliphatic hydroxyl groups excluding tert-OH is 1. The summed E-state index contributed by atoms with van der Waals surface area (Å²) in [6.45, 7) is 5.62. The number of carboxylic acid groups (broad SMARTS) is 1. The number of ether oxygens (including phenoxy) is 3. The van der Waals surface area contributed by atoms with Gasteiger partial charge in [-0.3, -0.25) is 28.5 Å². The van der Waals surface area contributed by atoms with Crippen molar-refractivity contribution in [2.45, 2.75) is 0 Å². The first kappa shape index (κ1) is 55.6. The second-order valence-electron chi connectivity index (χ2n) is 6.12. The van der Waals surface area contributed by atoms with Gasteiger partial charge in [-0.1, -0.05) is 0 Å². The molecule has 2 saturated heterocycles. The number of aliphatic carboxylic acids is 1. The number of hydrogen-bond donors (Lipinski definition) is 4. The number of nitrogens with zero attached hydrogens (tertiary/aromatic N) is 2. The number of carbonyl (C=O) groups excluding carboxylic acids is 1. The summed E-state index contributed by atoms with van der Waals surface area (Å²) in [5.74, 6) is -3.71. The van der Waals surface area contributed by atoms with Crippen LogP contribution in [0.3, 0.4) is 0 Å². The van der Waals surface area contributed by atoms with Crippen molar-refractivity contribution >= 4 is 48.6 Å². The summed E-state index contributed by atoms with van der Waals surface area (Å²) in [7, 11) is -11.1. The molecule has 0 aromatic heterocycles. The first-order valence-corrected chi connectivity index (χ1v) is 13.3. The number of esters is 1. The smallest absolute Gasteiger partial charge is 0.500 e. The predicted molar refractivity (Wildman–Crippen MR) is 121 cm³/mol. The molecule has 0 unspecified atom stereocenters. The van der Waals surface area contributed by atoms with Crippen LogP contribution < -0.4 is 59.1 Å². The third-order valence-electron chi connectivity index (χ3n) is 3.30. The van der Waals surface area contributed by atoms with Gasteiger partial charge in [-0.25, -0.2) is 4.21 Å². The Morgan fingerprint density at radius 2 is 1.05 bits per heavy atom. The Morgan fingerprint density at radius 1 is 0.773 bits per heavy atom. The fourth-order valence-electron chi connectivity index (χ4n) is 1.68. The monoisotopic (exact) mass is 744 g/mol. The van der Waals surface area contributed by atoms with Crippen molar-refractivity contribution in [3.63, 3.8) is 0 Å². The van der Waals surface area contributed by atoms with E-state index in [1.54, 1.807) is 4.90 Å². The van der Waals surface area contributed by atoms with Crippen LogP contribution in [0.2, 0.25) is 0 Å². The molecule has 2 heterocycles. The topological polar surface area (TPSA) is 269 Å². The van der Waals surface area contributed by atoms with E-state index >= 15 is 0 Å². The van der Waals surface area contributed by atoms with E-state index in [1.165, 1.54) is 0 Å². The van der Waals surface area contributed by atoms with Gasteiger partial charge >= 0.3 is 85.7 Å². The van der Waals surface area contributed by atoms with Gasteiger partial charge in [-0.2, -0.15) is 8.78 Å². The van der Waals surface area contributed by atoms with Gasteiger partial charge in [-0.15, -0.1) is 25.3 Å². The Kier molecular flexibility index (Phi) is 44.4. The average molecular weight is 745 g/mol. The minimum Gasteiger partial charge on any atom is -0.500 e. The van der Waals surface area contributed by atoms with Crippen LogP contribution in [-0.4, -0.2) is 142 Å². The molecule has 252 valence electrons. The molecule has 0 bridgehead atoms. The van der Waals surface area contributed by atoms with Gasteiger partial charge in [0.2, 0.25) is 11.9 Å². The Labute approximate surface area is 293 Å². The van der Waals surface area contributed by atoms with Gasteiger partial charge in [0.15, 0.2) is 0 Å². The molecule has 2 fully saturated rings. The second-order valence-corrected chi connectivity index (χ2v) is 8.24. The number of carbonyl (C=O) groups is 2. The van der Waals surface area contributed by atoms with E-state index in [9.17, 15) is 35.3 Å². The maximum absolute atomic E-state index is 11.6. The summed E-state index contributed by atoms with van der Waals surface area (Å²) < 4.78 is 154. The third kappa shape index (κ3) is 50.8. The van der Waals surface area contributed by atoms with Gasteiger partial charge in [-0.05, 0) is 0 Å². The summed E-state index contributed by atoms with van der Waals surface area (Å²) in [5.41, 5.74) is 0. The zero-order chi connectivity index (χ0) is 33.9. The van der Waals surface area contributed by atoms with Crippen LogP contribution in [0.4, 0.5) is 26.3 Å². The van der Waals surface area contributed by atoms with Crippen molar-refractivity contribution in [2.75, 3.05) is 66.1 Å². The van der Waals surface area contributed by atoms with Gasteiger partial charge in [0.25, 0.3) is 10.1 Å². The second kappa shape index (κ2) is 35.1. The van der Waals surface area contributed by atoms with E-state index in [0.29, 0.717) is 26.3 Å². The maximum atomic E-state index is 11.6. The van der Waals surface area contributed by atoms with Crippen LogP contribution in [0, 0.1) is 12.9 Å². The number of aliphatic hydroxyl groups is 1. The Hall–Kier alpha value is -0.760. The molecule has 29 heteroatoms. The zero-order valence-electron chi connectivity index (χ0n) is 22.6. The molecule has 0 aromatic rings. The van der Waals surface area contributed by atoms with Crippen molar-refractivity contribution in [1.82, 2.24) is 9.80 Å². The summed E-state index contributed by atoms with van der Waals surface area (Å²) >= 11 is 0. The van der Waals surface area contributed by atoms with Crippen molar-refractivity contribution in [3.05, 3.63) is 12.9 Å². The maximum Gasteiger partial charge on any atom is 1.00 e. The summed E-state index contributed by atoms with van der Waals surface area (Å²) in [6, 6.07) is 0. The molecule has 0 radical (unpaired) electrons. The summed E-state index contributed by atoms with van der Waals surface area (Å²) in [5, 5.41) is 12.9. The number of morpholine rings is 2.